The Hall–Kier alpha value is -1.56. The minimum atomic E-state index is -1.58. The quantitative estimate of drug-likeness (QED) is 0.837. The lowest BCUT2D eigenvalue weighted by Crippen LogP contribution is -2.38. The first-order chi connectivity index (χ1) is 8.32. The molecule has 0 radical (unpaired) electrons. The summed E-state index contributed by atoms with van der Waals surface area (Å²) in [7, 11) is 3.68. The Morgan fingerprint density at radius 1 is 1.28 bits per heavy atom. The Morgan fingerprint density at radius 3 is 2.22 bits per heavy atom. The summed E-state index contributed by atoms with van der Waals surface area (Å²) in [5.74, 6) is -4.96. The summed E-state index contributed by atoms with van der Waals surface area (Å²) in [5, 5.41) is 2.52. The fraction of sp³-hybridized carbons (Fsp3) is 0.417. The van der Waals surface area contributed by atoms with Crippen LogP contribution in [0.15, 0.2) is 12.1 Å². The number of likely N-dealkylation sites (N-methyl/N-ethyl adjacent to an activating group) is 1. The average molecular weight is 260 g/mol. The Kier molecular flexibility index (Phi) is 4.72. The first-order valence-electron chi connectivity index (χ1n) is 5.42. The number of hydrogen-bond acceptors (Lipinski definition) is 2. The van der Waals surface area contributed by atoms with Crippen molar-refractivity contribution in [2.24, 2.45) is 0 Å². The van der Waals surface area contributed by atoms with Gasteiger partial charge in [-0.2, -0.15) is 0 Å². The number of nitrogens with one attached hydrogen (secondary N) is 1. The van der Waals surface area contributed by atoms with Gasteiger partial charge in [0.15, 0.2) is 17.5 Å². The van der Waals surface area contributed by atoms with Crippen molar-refractivity contribution in [3.63, 3.8) is 0 Å². The van der Waals surface area contributed by atoms with E-state index in [4.69, 9.17) is 0 Å². The standard InChI is InChI=1S/C12H15F3N2O/c1-7(17(2)3)6-16-12(18)8-4-9(13)11(15)10(14)5-8/h4-5,7H,6H2,1-3H3,(H,16,18). The number of benzene rings is 1. The highest BCUT2D eigenvalue weighted by Gasteiger charge is 2.15. The topological polar surface area (TPSA) is 32.3 Å². The molecule has 0 fully saturated rings. The van der Waals surface area contributed by atoms with E-state index in [9.17, 15) is 18.0 Å². The van der Waals surface area contributed by atoms with Crippen LogP contribution in [0.2, 0.25) is 0 Å². The van der Waals surface area contributed by atoms with E-state index in [1.807, 2.05) is 25.9 Å². The lowest BCUT2D eigenvalue weighted by Gasteiger charge is -2.19. The molecule has 0 aliphatic carbocycles. The minimum absolute atomic E-state index is 0.0732. The van der Waals surface area contributed by atoms with Crippen molar-refractivity contribution in [1.29, 1.82) is 0 Å². The number of halogens is 3. The minimum Gasteiger partial charge on any atom is -0.350 e. The second-order valence-electron chi connectivity index (χ2n) is 4.28. The first-order valence-corrected chi connectivity index (χ1v) is 5.42. The molecule has 0 saturated carbocycles. The number of carbonyl (C=O) groups excluding carboxylic acids is 1. The normalized spacial score (nSPS) is 12.6. The fourth-order valence-electron chi connectivity index (χ4n) is 1.21. The predicted octanol–water partition coefficient (Wildman–Crippen LogP) is 1.78. The molecule has 0 heterocycles. The number of rotatable bonds is 4. The van der Waals surface area contributed by atoms with Crippen molar-refractivity contribution in [2.45, 2.75) is 13.0 Å². The molecular formula is C12H15F3N2O. The van der Waals surface area contributed by atoms with Crippen molar-refractivity contribution in [3.8, 4) is 0 Å². The fourth-order valence-corrected chi connectivity index (χ4v) is 1.21. The van der Waals surface area contributed by atoms with Crippen LogP contribution >= 0.6 is 0 Å². The molecule has 18 heavy (non-hydrogen) atoms. The third-order valence-electron chi connectivity index (χ3n) is 2.69. The van der Waals surface area contributed by atoms with E-state index in [0.29, 0.717) is 18.7 Å². The summed E-state index contributed by atoms with van der Waals surface area (Å²) in [6.07, 6.45) is 0. The van der Waals surface area contributed by atoms with E-state index in [1.54, 1.807) is 0 Å². The molecule has 6 heteroatoms. The summed E-state index contributed by atoms with van der Waals surface area (Å²) in [6.45, 7) is 2.21. The van der Waals surface area contributed by atoms with Crippen LogP contribution in [-0.2, 0) is 0 Å². The molecule has 0 aliphatic heterocycles. The zero-order valence-corrected chi connectivity index (χ0v) is 10.4. The summed E-state index contributed by atoms with van der Waals surface area (Å²) >= 11 is 0. The van der Waals surface area contributed by atoms with Crippen molar-refractivity contribution >= 4 is 5.91 Å². The molecule has 1 atom stereocenters. The highest BCUT2D eigenvalue weighted by atomic mass is 19.2. The smallest absolute Gasteiger partial charge is 0.251 e. The molecule has 1 rings (SSSR count). The molecular weight excluding hydrogens is 245 g/mol. The Balaban J connectivity index is 2.73. The second-order valence-corrected chi connectivity index (χ2v) is 4.28. The van der Waals surface area contributed by atoms with Crippen LogP contribution in [0.3, 0.4) is 0 Å². The van der Waals surface area contributed by atoms with Gasteiger partial charge in [-0.1, -0.05) is 0 Å². The van der Waals surface area contributed by atoms with Gasteiger partial charge >= 0.3 is 0 Å². The van der Waals surface area contributed by atoms with Gasteiger partial charge in [0.25, 0.3) is 5.91 Å². The molecule has 0 saturated heterocycles. The van der Waals surface area contributed by atoms with Gasteiger partial charge < -0.3 is 10.2 Å². The van der Waals surface area contributed by atoms with Gasteiger partial charge in [-0.3, -0.25) is 4.79 Å². The third-order valence-corrected chi connectivity index (χ3v) is 2.69. The lowest BCUT2D eigenvalue weighted by molar-refractivity contribution is 0.0942. The van der Waals surface area contributed by atoms with Gasteiger partial charge in [0, 0.05) is 18.2 Å². The summed E-state index contributed by atoms with van der Waals surface area (Å²) < 4.78 is 38.6. The molecule has 1 N–H and O–H groups in total. The molecule has 1 unspecified atom stereocenters. The van der Waals surface area contributed by atoms with Crippen LogP contribution in [0.4, 0.5) is 13.2 Å². The largest absolute Gasteiger partial charge is 0.350 e. The summed E-state index contributed by atoms with van der Waals surface area (Å²) in [5.41, 5.74) is -0.239. The van der Waals surface area contributed by atoms with Gasteiger partial charge in [-0.05, 0) is 33.2 Å². The first kappa shape index (κ1) is 14.5. The zero-order valence-electron chi connectivity index (χ0n) is 10.4. The van der Waals surface area contributed by atoms with E-state index in [1.165, 1.54) is 0 Å². The van der Waals surface area contributed by atoms with Gasteiger partial charge in [0.2, 0.25) is 0 Å². The Labute approximate surface area is 104 Å². The van der Waals surface area contributed by atoms with Gasteiger partial charge in [0.05, 0.1) is 0 Å². The van der Waals surface area contributed by atoms with Crippen molar-refractivity contribution in [2.75, 3.05) is 20.6 Å². The van der Waals surface area contributed by atoms with Gasteiger partial charge in [-0.15, -0.1) is 0 Å². The Morgan fingerprint density at radius 2 is 1.78 bits per heavy atom. The molecule has 3 nitrogen and oxygen atoms in total. The highest BCUT2D eigenvalue weighted by Crippen LogP contribution is 2.13. The highest BCUT2D eigenvalue weighted by molar-refractivity contribution is 5.94. The molecule has 0 aliphatic rings. The van der Waals surface area contributed by atoms with Crippen LogP contribution in [0, 0.1) is 17.5 Å². The molecule has 0 aromatic heterocycles. The Bertz CT molecular complexity index is 426. The van der Waals surface area contributed by atoms with Crippen LogP contribution < -0.4 is 5.32 Å². The van der Waals surface area contributed by atoms with Crippen LogP contribution in [0.1, 0.15) is 17.3 Å². The molecule has 1 amide bonds. The maximum atomic E-state index is 12.9. The third kappa shape index (κ3) is 3.46. The van der Waals surface area contributed by atoms with Crippen LogP contribution in [-0.4, -0.2) is 37.5 Å². The van der Waals surface area contributed by atoms with Gasteiger partial charge in [0.1, 0.15) is 0 Å². The van der Waals surface area contributed by atoms with Gasteiger partial charge in [-0.25, -0.2) is 13.2 Å². The number of amides is 1. The molecule has 1 aromatic rings. The molecule has 0 spiro atoms. The van der Waals surface area contributed by atoms with Crippen LogP contribution in [0.25, 0.3) is 0 Å². The monoisotopic (exact) mass is 260 g/mol. The van der Waals surface area contributed by atoms with E-state index < -0.39 is 23.4 Å². The van der Waals surface area contributed by atoms with E-state index >= 15 is 0 Å². The molecule has 1 aromatic carbocycles. The summed E-state index contributed by atoms with van der Waals surface area (Å²) in [4.78, 5) is 13.5. The van der Waals surface area contributed by atoms with Crippen LogP contribution in [0.5, 0.6) is 0 Å². The summed E-state index contributed by atoms with van der Waals surface area (Å²) in [6, 6.07) is 1.42. The zero-order chi connectivity index (χ0) is 13.9. The number of hydrogen-bond donors (Lipinski definition) is 1. The molecule has 100 valence electrons. The maximum Gasteiger partial charge on any atom is 0.251 e. The van der Waals surface area contributed by atoms with Crippen molar-refractivity contribution in [3.05, 3.63) is 35.1 Å². The average Bonchev–Trinajstić information content (AvgIpc) is 2.31. The number of carbonyl (C=O) groups is 1. The SMILES string of the molecule is CC(CNC(=O)c1cc(F)c(F)c(F)c1)N(C)C. The van der Waals surface area contributed by atoms with E-state index in [0.717, 1.165) is 0 Å². The second kappa shape index (κ2) is 5.86. The van der Waals surface area contributed by atoms with Crippen molar-refractivity contribution < 1.29 is 18.0 Å². The maximum absolute atomic E-state index is 12.9. The lowest BCUT2D eigenvalue weighted by atomic mass is 10.2. The van der Waals surface area contributed by atoms with E-state index in [-0.39, 0.29) is 11.6 Å². The number of nitrogens with zero attached hydrogens (tertiary/aromatic N) is 1. The molecule has 0 bridgehead atoms. The van der Waals surface area contributed by atoms with E-state index in [2.05, 4.69) is 5.32 Å². The predicted molar refractivity (Wildman–Crippen MR) is 61.8 cm³/mol. The van der Waals surface area contributed by atoms with Crippen molar-refractivity contribution in [1.82, 2.24) is 10.2 Å².